The van der Waals surface area contributed by atoms with E-state index in [1.807, 2.05) is 0 Å². The third kappa shape index (κ3) is 2.43. The highest BCUT2D eigenvalue weighted by Crippen LogP contribution is 2.70. The van der Waals surface area contributed by atoms with Crippen LogP contribution < -0.4 is 0 Å². The number of hydrogen-bond donors (Lipinski definition) is 4. The fraction of sp³-hybridized carbons (Fsp3) is 0.826. The predicted molar refractivity (Wildman–Crippen MR) is 108 cm³/mol. The van der Waals surface area contributed by atoms with E-state index in [9.17, 15) is 25.3 Å². The van der Waals surface area contributed by atoms with Crippen LogP contribution in [0.3, 0.4) is 0 Å². The summed E-state index contributed by atoms with van der Waals surface area (Å²) < 4.78 is 5.17. The molecule has 7 nitrogen and oxygen atoms in total. The number of aliphatic hydroxyl groups excluding tert-OH is 1. The second kappa shape index (κ2) is 6.53. The molecule has 30 heavy (non-hydrogen) atoms. The first-order valence-corrected chi connectivity index (χ1v) is 11.4. The van der Waals surface area contributed by atoms with E-state index in [4.69, 9.17) is 4.74 Å². The number of oxime groups is 1. The molecule has 4 fully saturated rings. The number of fused-ring (bicyclic) bond motifs is 5. The molecule has 0 aromatic carbocycles. The summed E-state index contributed by atoms with van der Waals surface area (Å²) in [6.07, 6.45) is 8.20. The highest BCUT2D eigenvalue weighted by atomic mass is 16.5. The number of carbonyl (C=O) groups is 1. The van der Waals surface area contributed by atoms with Crippen LogP contribution in [0.25, 0.3) is 0 Å². The quantitative estimate of drug-likeness (QED) is 0.236. The Morgan fingerprint density at radius 1 is 1.10 bits per heavy atom. The Balaban J connectivity index is 1.53. The molecular weight excluding hydrogens is 386 g/mol. The second-order valence-corrected chi connectivity index (χ2v) is 10.8. The molecule has 166 valence electrons. The highest BCUT2D eigenvalue weighted by Gasteiger charge is 2.71. The van der Waals surface area contributed by atoms with Crippen molar-refractivity contribution < 1.29 is 30.1 Å². The van der Waals surface area contributed by atoms with Gasteiger partial charge in [0.05, 0.1) is 23.5 Å². The number of aliphatic hydroxyl groups is 3. The summed E-state index contributed by atoms with van der Waals surface area (Å²) in [5.74, 6) is -0.203. The smallest absolute Gasteiger partial charge is 0.331 e. The van der Waals surface area contributed by atoms with Gasteiger partial charge in [-0.25, -0.2) is 4.79 Å². The zero-order valence-corrected chi connectivity index (χ0v) is 17.6. The Kier molecular flexibility index (Phi) is 4.45. The Labute approximate surface area is 176 Å². The number of esters is 1. The third-order valence-electron chi connectivity index (χ3n) is 9.93. The lowest BCUT2D eigenvalue weighted by molar-refractivity contribution is -0.237. The Hall–Kier alpha value is -1.44. The number of carbonyl (C=O) groups excluding carboxylic acids is 1. The second-order valence-electron chi connectivity index (χ2n) is 10.8. The van der Waals surface area contributed by atoms with Crippen LogP contribution in [0.15, 0.2) is 16.8 Å². The van der Waals surface area contributed by atoms with E-state index in [1.165, 1.54) is 6.21 Å². The Morgan fingerprint density at radius 2 is 1.87 bits per heavy atom. The minimum atomic E-state index is -1.12. The average molecular weight is 420 g/mol. The molecule has 5 aliphatic rings. The summed E-state index contributed by atoms with van der Waals surface area (Å²) in [7, 11) is 0. The van der Waals surface area contributed by atoms with Gasteiger partial charge in [0.1, 0.15) is 6.61 Å². The first-order chi connectivity index (χ1) is 14.2. The largest absolute Gasteiger partial charge is 0.458 e. The molecule has 0 spiro atoms. The molecule has 8 atom stereocenters. The van der Waals surface area contributed by atoms with Gasteiger partial charge in [-0.1, -0.05) is 6.92 Å². The van der Waals surface area contributed by atoms with Crippen molar-refractivity contribution in [3.63, 3.8) is 0 Å². The molecule has 5 rings (SSSR count). The normalized spacial score (nSPS) is 53.1. The highest BCUT2D eigenvalue weighted by molar-refractivity contribution is 5.85. The zero-order chi connectivity index (χ0) is 21.4. The summed E-state index contributed by atoms with van der Waals surface area (Å²) in [6.45, 7) is 2.48. The molecular formula is C23H33NO6. The van der Waals surface area contributed by atoms with Gasteiger partial charge >= 0.3 is 5.97 Å². The van der Waals surface area contributed by atoms with Gasteiger partial charge in [-0.15, -0.1) is 5.16 Å². The summed E-state index contributed by atoms with van der Waals surface area (Å²) in [5.41, 5.74) is -2.11. The third-order valence-corrected chi connectivity index (χ3v) is 9.93. The molecule has 0 aromatic rings. The molecule has 4 aliphatic carbocycles. The van der Waals surface area contributed by atoms with E-state index in [0.717, 1.165) is 24.8 Å². The van der Waals surface area contributed by atoms with E-state index in [-0.39, 0.29) is 35.6 Å². The van der Waals surface area contributed by atoms with Crippen molar-refractivity contribution in [2.75, 3.05) is 6.61 Å². The molecule has 1 aliphatic heterocycles. The van der Waals surface area contributed by atoms with Crippen molar-refractivity contribution in [2.45, 2.75) is 82.0 Å². The molecule has 4 N–H and O–H groups in total. The van der Waals surface area contributed by atoms with Crippen LogP contribution >= 0.6 is 0 Å². The maximum atomic E-state index is 12.2. The lowest BCUT2D eigenvalue weighted by Gasteiger charge is -2.65. The van der Waals surface area contributed by atoms with Gasteiger partial charge in [0, 0.05) is 23.3 Å². The molecule has 0 bridgehead atoms. The van der Waals surface area contributed by atoms with Crippen LogP contribution in [0.5, 0.6) is 0 Å². The van der Waals surface area contributed by atoms with Gasteiger partial charge in [0.25, 0.3) is 0 Å². The van der Waals surface area contributed by atoms with Crippen molar-refractivity contribution in [1.29, 1.82) is 0 Å². The SMILES string of the molecule is C[C@]12CC[C@@H]3[C@H](CC[C@]4(O)C[C@H](O)CC[C@]34/C=N\O)[C@]1(O)CC[C@@H]2C1=CC(=O)OC1. The van der Waals surface area contributed by atoms with Gasteiger partial charge in [-0.2, -0.15) is 0 Å². The van der Waals surface area contributed by atoms with Crippen molar-refractivity contribution >= 4 is 12.2 Å². The fourth-order valence-corrected chi connectivity index (χ4v) is 8.46. The molecule has 0 saturated heterocycles. The molecule has 0 radical (unpaired) electrons. The standard InChI is InChI=1S/C23H33NO6/c1-20-6-3-17-18(23(20,28)9-5-16(20)14-10-19(26)30-12-14)4-8-22(27)11-15(25)2-7-21(17,22)13-24-29/h10,13,15-18,25,27-29H,2-9,11-12H2,1H3/b24-13-/t15-,16-,17-,18+,20-,21+,22+,23-/m1/s1. The van der Waals surface area contributed by atoms with Gasteiger partial charge < -0.3 is 25.3 Å². The number of nitrogens with zero attached hydrogens (tertiary/aromatic N) is 1. The van der Waals surface area contributed by atoms with E-state index < -0.39 is 22.7 Å². The predicted octanol–water partition coefficient (Wildman–Crippen LogP) is 2.16. The lowest BCUT2D eigenvalue weighted by atomic mass is 9.41. The number of rotatable bonds is 2. The molecule has 7 heteroatoms. The van der Waals surface area contributed by atoms with Crippen LogP contribution in [0.1, 0.15) is 64.7 Å². The van der Waals surface area contributed by atoms with Crippen LogP contribution in [0.4, 0.5) is 0 Å². The minimum Gasteiger partial charge on any atom is -0.458 e. The van der Waals surface area contributed by atoms with Crippen molar-refractivity contribution in [1.82, 2.24) is 0 Å². The number of cyclic esters (lactones) is 1. The maximum Gasteiger partial charge on any atom is 0.331 e. The number of ether oxygens (including phenoxy) is 1. The summed E-state index contributed by atoms with van der Waals surface area (Å²) >= 11 is 0. The van der Waals surface area contributed by atoms with Crippen molar-refractivity contribution in [3.8, 4) is 0 Å². The lowest BCUT2D eigenvalue weighted by Crippen LogP contribution is -2.68. The average Bonchev–Trinajstić information content (AvgIpc) is 3.23. The van der Waals surface area contributed by atoms with Gasteiger partial charge in [0.15, 0.2) is 0 Å². The molecule has 0 aromatic heterocycles. The topological polar surface area (TPSA) is 120 Å². The van der Waals surface area contributed by atoms with Crippen molar-refractivity contribution in [3.05, 3.63) is 11.6 Å². The van der Waals surface area contributed by atoms with E-state index in [1.54, 1.807) is 6.08 Å². The van der Waals surface area contributed by atoms with Crippen LogP contribution in [0, 0.1) is 28.6 Å². The van der Waals surface area contributed by atoms with E-state index >= 15 is 0 Å². The first-order valence-electron chi connectivity index (χ1n) is 11.4. The molecule has 0 unspecified atom stereocenters. The minimum absolute atomic E-state index is 0.00749. The van der Waals surface area contributed by atoms with Crippen LogP contribution in [-0.4, -0.2) is 56.6 Å². The molecule has 4 saturated carbocycles. The number of hydrogen-bond acceptors (Lipinski definition) is 7. The van der Waals surface area contributed by atoms with Crippen LogP contribution in [-0.2, 0) is 9.53 Å². The summed E-state index contributed by atoms with van der Waals surface area (Å²) in [5, 5.41) is 47.0. The summed E-state index contributed by atoms with van der Waals surface area (Å²) in [4.78, 5) is 11.7. The van der Waals surface area contributed by atoms with E-state index in [2.05, 4.69) is 12.1 Å². The van der Waals surface area contributed by atoms with Gasteiger partial charge in [-0.05, 0) is 74.7 Å². The summed E-state index contributed by atoms with van der Waals surface area (Å²) in [6, 6.07) is 0. The maximum absolute atomic E-state index is 12.2. The monoisotopic (exact) mass is 419 g/mol. The zero-order valence-electron chi connectivity index (χ0n) is 17.6. The Bertz CT molecular complexity index is 812. The molecule has 1 heterocycles. The Morgan fingerprint density at radius 3 is 2.57 bits per heavy atom. The van der Waals surface area contributed by atoms with Crippen molar-refractivity contribution in [2.24, 2.45) is 33.7 Å². The van der Waals surface area contributed by atoms with Crippen LogP contribution in [0.2, 0.25) is 0 Å². The van der Waals surface area contributed by atoms with Gasteiger partial charge in [-0.3, -0.25) is 0 Å². The fourth-order valence-electron chi connectivity index (χ4n) is 8.46. The van der Waals surface area contributed by atoms with Gasteiger partial charge in [0.2, 0.25) is 0 Å². The van der Waals surface area contributed by atoms with E-state index in [0.29, 0.717) is 38.7 Å². The molecule has 0 amide bonds. The first kappa shape index (κ1) is 20.5.